The van der Waals surface area contributed by atoms with Crippen LogP contribution in [0.15, 0.2) is 35.4 Å². The second-order valence-corrected chi connectivity index (χ2v) is 9.07. The van der Waals surface area contributed by atoms with Crippen LogP contribution in [0.2, 0.25) is 0 Å². The van der Waals surface area contributed by atoms with Crippen molar-refractivity contribution in [1.29, 1.82) is 0 Å². The number of fused-ring (bicyclic) bond motifs is 1. The van der Waals surface area contributed by atoms with Gasteiger partial charge in [-0.3, -0.25) is 19.6 Å². The highest BCUT2D eigenvalue weighted by Crippen LogP contribution is 2.23. The van der Waals surface area contributed by atoms with Crippen molar-refractivity contribution >= 4 is 21.6 Å². The molecule has 2 aliphatic rings. The molecule has 0 spiro atoms. The molecule has 10 nitrogen and oxygen atoms in total. The van der Waals surface area contributed by atoms with Crippen molar-refractivity contribution in [2.75, 3.05) is 26.2 Å². The van der Waals surface area contributed by atoms with E-state index in [4.69, 9.17) is 0 Å². The van der Waals surface area contributed by atoms with Crippen LogP contribution in [0.4, 0.5) is 5.69 Å². The summed E-state index contributed by atoms with van der Waals surface area (Å²) in [4.78, 5) is 24.7. The maximum atomic E-state index is 12.9. The molecule has 154 valence electrons. The molecule has 29 heavy (non-hydrogen) atoms. The van der Waals surface area contributed by atoms with Gasteiger partial charge in [-0.1, -0.05) is 0 Å². The molecular weight excluding hydrogens is 398 g/mol. The largest absolute Gasteiger partial charge is 0.336 e. The number of piperazine rings is 1. The Labute approximate surface area is 167 Å². The minimum Gasteiger partial charge on any atom is -0.336 e. The summed E-state index contributed by atoms with van der Waals surface area (Å²) in [5.74, 6) is -0.111. The first-order valence-corrected chi connectivity index (χ1v) is 10.9. The Morgan fingerprint density at radius 1 is 1.03 bits per heavy atom. The smallest absolute Gasteiger partial charge is 0.269 e. The van der Waals surface area contributed by atoms with Crippen LogP contribution in [0.5, 0.6) is 0 Å². The molecule has 2 aliphatic heterocycles. The van der Waals surface area contributed by atoms with E-state index in [1.165, 1.54) is 28.6 Å². The number of carbonyl (C=O) groups is 1. The Morgan fingerprint density at radius 3 is 2.38 bits per heavy atom. The lowest BCUT2D eigenvalue weighted by Gasteiger charge is -2.34. The minimum atomic E-state index is -3.77. The topological polar surface area (TPSA) is 119 Å². The van der Waals surface area contributed by atoms with E-state index in [0.29, 0.717) is 5.56 Å². The lowest BCUT2D eigenvalue weighted by atomic mass is 10.1. The second-order valence-electron chi connectivity index (χ2n) is 7.13. The van der Waals surface area contributed by atoms with E-state index in [0.717, 1.165) is 31.5 Å². The molecular formula is C18H21N5O5S. The summed E-state index contributed by atoms with van der Waals surface area (Å²) in [5, 5.41) is 15.1. The second kappa shape index (κ2) is 7.56. The van der Waals surface area contributed by atoms with E-state index < -0.39 is 14.9 Å². The van der Waals surface area contributed by atoms with Crippen LogP contribution in [0.25, 0.3) is 0 Å². The summed E-state index contributed by atoms with van der Waals surface area (Å²) < 4.78 is 28.8. The van der Waals surface area contributed by atoms with Gasteiger partial charge in [0, 0.05) is 44.9 Å². The number of benzene rings is 1. The van der Waals surface area contributed by atoms with E-state index in [2.05, 4.69) is 5.10 Å². The molecule has 0 bridgehead atoms. The third kappa shape index (κ3) is 3.62. The maximum Gasteiger partial charge on any atom is 0.269 e. The average Bonchev–Trinajstić information content (AvgIpc) is 3.17. The Bertz CT molecular complexity index is 1040. The van der Waals surface area contributed by atoms with E-state index in [1.54, 1.807) is 11.1 Å². The van der Waals surface area contributed by atoms with Gasteiger partial charge in [-0.05, 0) is 31.4 Å². The Balaban J connectivity index is 1.44. The van der Waals surface area contributed by atoms with E-state index >= 15 is 0 Å². The van der Waals surface area contributed by atoms with Gasteiger partial charge >= 0.3 is 0 Å². The summed E-state index contributed by atoms with van der Waals surface area (Å²) in [5.41, 5.74) is 1.41. The van der Waals surface area contributed by atoms with Gasteiger partial charge in [-0.25, -0.2) is 8.42 Å². The predicted molar refractivity (Wildman–Crippen MR) is 103 cm³/mol. The molecule has 11 heteroatoms. The number of nitrogens with zero attached hydrogens (tertiary/aromatic N) is 5. The highest BCUT2D eigenvalue weighted by molar-refractivity contribution is 7.89. The zero-order chi connectivity index (χ0) is 20.6. The van der Waals surface area contributed by atoms with E-state index in [9.17, 15) is 23.3 Å². The molecule has 1 saturated heterocycles. The molecule has 0 unspecified atom stereocenters. The fourth-order valence-corrected chi connectivity index (χ4v) is 5.21. The van der Waals surface area contributed by atoms with Crippen molar-refractivity contribution in [3.8, 4) is 0 Å². The van der Waals surface area contributed by atoms with Crippen LogP contribution in [0, 0.1) is 10.1 Å². The molecule has 1 fully saturated rings. The lowest BCUT2D eigenvalue weighted by Crippen LogP contribution is -2.50. The van der Waals surface area contributed by atoms with Crippen LogP contribution >= 0.6 is 0 Å². The van der Waals surface area contributed by atoms with Gasteiger partial charge in [0.05, 0.1) is 27.3 Å². The predicted octanol–water partition coefficient (Wildman–Crippen LogP) is 1.27. The molecule has 0 aliphatic carbocycles. The number of sulfonamides is 1. The van der Waals surface area contributed by atoms with Crippen molar-refractivity contribution in [1.82, 2.24) is 19.0 Å². The van der Waals surface area contributed by atoms with Crippen molar-refractivity contribution < 1.29 is 18.1 Å². The molecule has 1 aromatic carbocycles. The third-order valence-corrected chi connectivity index (χ3v) is 7.34. The summed E-state index contributed by atoms with van der Waals surface area (Å²) in [6.07, 6.45) is 4.53. The SMILES string of the molecule is O=C(c1cnn2c1CCCC2)N1CCN(S(=O)(=O)c2ccc([N+](=O)[O-])cc2)CC1. The first-order valence-electron chi connectivity index (χ1n) is 9.46. The summed E-state index contributed by atoms with van der Waals surface area (Å²) in [7, 11) is -3.77. The fourth-order valence-electron chi connectivity index (χ4n) is 3.79. The first-order chi connectivity index (χ1) is 13.9. The molecule has 1 amide bonds. The fraction of sp³-hybridized carbons (Fsp3) is 0.444. The molecule has 3 heterocycles. The maximum absolute atomic E-state index is 12.9. The van der Waals surface area contributed by atoms with Gasteiger partial charge in [0.1, 0.15) is 0 Å². The monoisotopic (exact) mass is 419 g/mol. The van der Waals surface area contributed by atoms with Crippen LogP contribution in [0.1, 0.15) is 28.9 Å². The molecule has 0 N–H and O–H groups in total. The van der Waals surface area contributed by atoms with Crippen LogP contribution in [0.3, 0.4) is 0 Å². The molecule has 0 saturated carbocycles. The van der Waals surface area contributed by atoms with E-state index in [1.807, 2.05) is 4.68 Å². The zero-order valence-corrected chi connectivity index (χ0v) is 16.5. The van der Waals surface area contributed by atoms with E-state index in [-0.39, 0.29) is 42.7 Å². The van der Waals surface area contributed by atoms with Gasteiger partial charge in [0.2, 0.25) is 10.0 Å². The number of aryl methyl sites for hydroxylation is 1. The molecule has 0 atom stereocenters. The van der Waals surface area contributed by atoms with Crippen LogP contribution < -0.4 is 0 Å². The lowest BCUT2D eigenvalue weighted by molar-refractivity contribution is -0.384. The van der Waals surface area contributed by atoms with Crippen LogP contribution in [-0.4, -0.2) is 64.4 Å². The summed E-state index contributed by atoms with van der Waals surface area (Å²) in [6, 6.07) is 4.83. The molecule has 1 aromatic heterocycles. The highest BCUT2D eigenvalue weighted by atomic mass is 32.2. The van der Waals surface area contributed by atoms with Gasteiger partial charge < -0.3 is 4.90 Å². The first kappa shape index (κ1) is 19.5. The van der Waals surface area contributed by atoms with Gasteiger partial charge in [-0.2, -0.15) is 9.40 Å². The van der Waals surface area contributed by atoms with Gasteiger partial charge in [0.25, 0.3) is 11.6 Å². The number of hydrogen-bond acceptors (Lipinski definition) is 6. The van der Waals surface area contributed by atoms with Gasteiger partial charge in [-0.15, -0.1) is 0 Å². The summed E-state index contributed by atoms with van der Waals surface area (Å²) in [6.45, 7) is 1.75. The number of aromatic nitrogens is 2. The molecule has 0 radical (unpaired) electrons. The number of nitro benzene ring substituents is 1. The van der Waals surface area contributed by atoms with Crippen LogP contribution in [-0.2, 0) is 23.0 Å². The number of carbonyl (C=O) groups excluding carboxylic acids is 1. The highest BCUT2D eigenvalue weighted by Gasteiger charge is 2.32. The summed E-state index contributed by atoms with van der Waals surface area (Å²) >= 11 is 0. The third-order valence-electron chi connectivity index (χ3n) is 5.42. The Hall–Kier alpha value is -2.79. The molecule has 4 rings (SSSR count). The zero-order valence-electron chi connectivity index (χ0n) is 15.7. The minimum absolute atomic E-state index is 0.00795. The van der Waals surface area contributed by atoms with Gasteiger partial charge in [0.15, 0.2) is 0 Å². The quantitative estimate of drug-likeness (QED) is 0.544. The van der Waals surface area contributed by atoms with Crippen molar-refractivity contribution in [3.05, 3.63) is 51.8 Å². The number of hydrogen-bond donors (Lipinski definition) is 0. The number of non-ortho nitro benzene ring substituents is 1. The Kier molecular flexibility index (Phi) is 5.09. The van der Waals surface area contributed by atoms with Crippen molar-refractivity contribution in [2.45, 2.75) is 30.7 Å². The van der Waals surface area contributed by atoms with Crippen molar-refractivity contribution in [2.24, 2.45) is 0 Å². The number of rotatable bonds is 4. The normalized spacial score (nSPS) is 17.7. The standard InChI is InChI=1S/C18H21N5O5S/c24-18(16-13-19-22-8-2-1-3-17(16)22)20-9-11-21(12-10-20)29(27,28)15-6-4-14(5-7-15)23(25)26/h4-7,13H,1-3,8-12H2. The Morgan fingerprint density at radius 2 is 1.72 bits per heavy atom. The average molecular weight is 419 g/mol. The number of amides is 1. The number of nitro groups is 1. The molecule has 2 aromatic rings. The van der Waals surface area contributed by atoms with Crippen molar-refractivity contribution in [3.63, 3.8) is 0 Å².